The number of aromatic amines is 1. The third kappa shape index (κ3) is 12.6. The van der Waals surface area contributed by atoms with Crippen LogP contribution in [0.4, 0.5) is 0 Å². The second-order valence-corrected chi connectivity index (χ2v) is 14.9. The molecule has 1 aromatic heterocycles. The van der Waals surface area contributed by atoms with Crippen molar-refractivity contribution in [1.82, 2.24) is 20.2 Å². The predicted octanol–water partition coefficient (Wildman–Crippen LogP) is 6.58. The maximum Gasteiger partial charge on any atom is 0.361 e. The molecule has 5 unspecified atom stereocenters. The number of aliphatic hydroxyl groups excluding tert-OH is 1. The van der Waals surface area contributed by atoms with Crippen LogP contribution in [0.25, 0.3) is 0 Å². The van der Waals surface area contributed by atoms with Gasteiger partial charge >= 0.3 is 5.69 Å². The van der Waals surface area contributed by atoms with Gasteiger partial charge in [0, 0.05) is 0 Å². The van der Waals surface area contributed by atoms with Crippen molar-refractivity contribution in [2.24, 2.45) is 0 Å². The number of aromatic nitrogens is 4. The molecule has 2 heterocycles. The Morgan fingerprint density at radius 3 is 1.56 bits per heavy atom. The van der Waals surface area contributed by atoms with E-state index in [1.165, 1.54) is 0 Å². The first-order chi connectivity index (χ1) is 30.1. The Hall–Kier alpha value is -5.35. The van der Waals surface area contributed by atoms with Gasteiger partial charge in [-0.05, 0) is 44.7 Å². The molecule has 13 heteroatoms. The lowest BCUT2D eigenvalue weighted by molar-refractivity contribution is -0.331. The van der Waals surface area contributed by atoms with Gasteiger partial charge in [0.05, 0.1) is 52.4 Å². The Morgan fingerprint density at radius 2 is 1.08 bits per heavy atom. The molecular weight excluding hydrogens is 777 g/mol. The van der Waals surface area contributed by atoms with Crippen LogP contribution in [-0.4, -0.2) is 81.4 Å². The van der Waals surface area contributed by atoms with E-state index in [0.29, 0.717) is 13.0 Å². The number of hydrogen-bond donors (Lipinski definition) is 2. The van der Waals surface area contributed by atoms with Crippen molar-refractivity contribution in [3.63, 3.8) is 0 Å². The molecule has 5 aromatic carbocycles. The van der Waals surface area contributed by atoms with Crippen LogP contribution in [0, 0.1) is 0 Å². The second kappa shape index (κ2) is 23.0. The number of rotatable bonds is 23. The number of hydrogen-bond acceptors (Lipinski definition) is 11. The second-order valence-electron chi connectivity index (χ2n) is 14.9. The summed E-state index contributed by atoms with van der Waals surface area (Å²) >= 11 is 0. The molecule has 1 fully saturated rings. The van der Waals surface area contributed by atoms with Gasteiger partial charge in [-0.2, -0.15) is 4.68 Å². The molecule has 1 aliphatic heterocycles. The molecule has 1 saturated heterocycles. The molecule has 13 nitrogen and oxygen atoms in total. The first-order valence-corrected chi connectivity index (χ1v) is 20.7. The number of tetrazole rings is 1. The molecule has 6 aromatic rings. The van der Waals surface area contributed by atoms with Gasteiger partial charge in [-0.25, -0.2) is 9.89 Å². The zero-order chi connectivity index (χ0) is 42.1. The molecule has 320 valence electrons. The molecular formula is C48H54N4O9. The van der Waals surface area contributed by atoms with Gasteiger partial charge in [0.2, 0.25) is 0 Å². The topological polar surface area (TPSA) is 148 Å². The van der Waals surface area contributed by atoms with Crippen LogP contribution >= 0.6 is 0 Å². The molecule has 2 N–H and O–H groups in total. The summed E-state index contributed by atoms with van der Waals surface area (Å²) in [5.41, 5.74) is 4.19. The van der Waals surface area contributed by atoms with Crippen molar-refractivity contribution in [2.45, 2.75) is 95.3 Å². The molecule has 61 heavy (non-hydrogen) atoms. The fourth-order valence-corrected chi connectivity index (χ4v) is 7.28. The highest BCUT2D eigenvalue weighted by atomic mass is 16.7. The lowest BCUT2D eigenvalue weighted by Gasteiger charge is -2.46. The van der Waals surface area contributed by atoms with Gasteiger partial charge in [0.1, 0.15) is 36.6 Å². The summed E-state index contributed by atoms with van der Waals surface area (Å²) in [7, 11) is 0. The van der Waals surface area contributed by atoms with E-state index in [1.54, 1.807) is 0 Å². The third-order valence-corrected chi connectivity index (χ3v) is 10.5. The Morgan fingerprint density at radius 1 is 0.623 bits per heavy atom. The molecule has 0 aliphatic carbocycles. The van der Waals surface area contributed by atoms with Gasteiger partial charge in [-0.1, -0.05) is 159 Å². The van der Waals surface area contributed by atoms with E-state index < -0.39 is 54.6 Å². The van der Waals surface area contributed by atoms with Crippen LogP contribution in [0.3, 0.4) is 0 Å². The highest BCUT2D eigenvalue weighted by molar-refractivity contribution is 5.17. The Balaban J connectivity index is 1.23. The van der Waals surface area contributed by atoms with Gasteiger partial charge in [-0.15, -0.1) is 0 Å². The molecule has 0 radical (unpaired) electrons. The number of nitrogens with one attached hydrogen (secondary N) is 1. The molecule has 1 aliphatic rings. The Bertz CT molecular complexity index is 2160. The maximum atomic E-state index is 13.2. The van der Waals surface area contributed by atoms with E-state index in [9.17, 15) is 9.90 Å². The van der Waals surface area contributed by atoms with Crippen LogP contribution in [0.15, 0.2) is 156 Å². The van der Waals surface area contributed by atoms with Gasteiger partial charge in [0.15, 0.2) is 6.29 Å². The zero-order valence-electron chi connectivity index (χ0n) is 34.3. The standard InChI is InChI=1S/C48H54N4O9/c1-2-41(53)43(56-29-36-20-10-4-11-21-36)40(52-48(54)49-50-51-52)33-60-47-46(59-32-39-26-16-7-17-27-39)45(58-31-38-24-14-6-15-25-38)44(57-30-37-22-12-5-13-23-37)42(61-47)34-55-28-35-18-8-3-9-19-35/h3-27,40-47,53H,2,28-34H2,1H3,(H,49,51,54)/t40-,41+,42?,43-,44?,45?,46?,47?/m0/s1. The minimum Gasteiger partial charge on any atom is -0.390 e. The van der Waals surface area contributed by atoms with Gasteiger partial charge in [-0.3, -0.25) is 0 Å². The minimum absolute atomic E-state index is 0.133. The highest BCUT2D eigenvalue weighted by Gasteiger charge is 2.50. The molecule has 0 bridgehead atoms. The normalized spacial score (nSPS) is 20.5. The monoisotopic (exact) mass is 830 g/mol. The third-order valence-electron chi connectivity index (χ3n) is 10.5. The summed E-state index contributed by atoms with van der Waals surface area (Å²) in [6, 6.07) is 48.2. The summed E-state index contributed by atoms with van der Waals surface area (Å²) < 4.78 is 48.0. The smallest absolute Gasteiger partial charge is 0.361 e. The fourth-order valence-electron chi connectivity index (χ4n) is 7.28. The van der Waals surface area contributed by atoms with Crippen LogP contribution in [-0.2, 0) is 66.2 Å². The van der Waals surface area contributed by atoms with Crippen LogP contribution in [0.2, 0.25) is 0 Å². The van der Waals surface area contributed by atoms with Crippen molar-refractivity contribution < 1.29 is 38.3 Å². The predicted molar refractivity (Wildman–Crippen MR) is 227 cm³/mol. The van der Waals surface area contributed by atoms with E-state index in [-0.39, 0.29) is 39.6 Å². The number of ether oxygens (including phenoxy) is 7. The van der Waals surface area contributed by atoms with Crippen molar-refractivity contribution in [1.29, 1.82) is 0 Å². The van der Waals surface area contributed by atoms with E-state index in [1.807, 2.05) is 159 Å². The van der Waals surface area contributed by atoms with E-state index in [2.05, 4.69) is 15.5 Å². The first-order valence-electron chi connectivity index (χ1n) is 20.7. The summed E-state index contributed by atoms with van der Waals surface area (Å²) in [6.07, 6.45) is -5.65. The van der Waals surface area contributed by atoms with E-state index in [4.69, 9.17) is 33.2 Å². The number of nitrogens with zero attached hydrogens (tertiary/aromatic N) is 3. The van der Waals surface area contributed by atoms with Crippen molar-refractivity contribution >= 4 is 0 Å². The van der Waals surface area contributed by atoms with Crippen molar-refractivity contribution in [2.75, 3.05) is 13.2 Å². The largest absolute Gasteiger partial charge is 0.390 e. The van der Waals surface area contributed by atoms with Crippen molar-refractivity contribution in [3.8, 4) is 0 Å². The SMILES string of the molecule is CC[C@@H](O)[C@@H](OCc1ccccc1)[C@H](COC1OC(COCc2ccccc2)C(OCc2ccccc2)C(OCc2ccccc2)C1OCc1ccccc1)n1nn[nH]c1=O. The van der Waals surface area contributed by atoms with Crippen molar-refractivity contribution in [3.05, 3.63) is 190 Å². The number of H-pyrrole nitrogens is 1. The summed E-state index contributed by atoms with van der Waals surface area (Å²) in [5, 5.41) is 21.7. The Labute approximate surface area is 356 Å². The first kappa shape index (κ1) is 43.7. The molecule has 0 amide bonds. The number of benzene rings is 5. The Kier molecular flexibility index (Phi) is 16.5. The van der Waals surface area contributed by atoms with E-state index >= 15 is 0 Å². The van der Waals surface area contributed by atoms with Gasteiger partial charge in [0.25, 0.3) is 0 Å². The molecule has 8 atom stereocenters. The van der Waals surface area contributed by atoms with Crippen LogP contribution in [0.1, 0.15) is 47.2 Å². The average molecular weight is 831 g/mol. The van der Waals surface area contributed by atoms with Gasteiger partial charge < -0.3 is 38.3 Å². The maximum absolute atomic E-state index is 13.2. The number of aliphatic hydroxyl groups is 1. The quantitative estimate of drug-likeness (QED) is 0.0722. The molecule has 7 rings (SSSR count). The lowest BCUT2D eigenvalue weighted by Crippen LogP contribution is -2.62. The van der Waals surface area contributed by atoms with E-state index in [0.717, 1.165) is 32.5 Å². The summed E-state index contributed by atoms with van der Waals surface area (Å²) in [4.78, 5) is 13.2. The lowest BCUT2D eigenvalue weighted by atomic mass is 9.97. The molecule has 0 saturated carbocycles. The summed E-state index contributed by atoms with van der Waals surface area (Å²) in [5.74, 6) is 0. The molecule has 0 spiro atoms. The highest BCUT2D eigenvalue weighted by Crippen LogP contribution is 2.33. The van der Waals surface area contributed by atoms with Crippen LogP contribution < -0.4 is 5.69 Å². The summed E-state index contributed by atoms with van der Waals surface area (Å²) in [6.45, 7) is 3.05. The zero-order valence-corrected chi connectivity index (χ0v) is 34.3. The van der Waals surface area contributed by atoms with Crippen LogP contribution in [0.5, 0.6) is 0 Å². The minimum atomic E-state index is -1.08. The fraction of sp³-hybridized carbons (Fsp3) is 0.354. The average Bonchev–Trinajstić information content (AvgIpc) is 3.74.